The molecule has 3 unspecified atom stereocenters. The van der Waals surface area contributed by atoms with Crippen molar-refractivity contribution in [1.29, 1.82) is 0 Å². The van der Waals surface area contributed by atoms with Gasteiger partial charge >= 0.3 is 0 Å². The second kappa shape index (κ2) is 11.4. The summed E-state index contributed by atoms with van der Waals surface area (Å²) in [6, 6.07) is 18.9. The maximum atomic E-state index is 13.0. The highest BCUT2D eigenvalue weighted by Crippen LogP contribution is 2.13. The van der Waals surface area contributed by atoms with Gasteiger partial charge in [0, 0.05) is 5.92 Å². The molecule has 0 saturated heterocycles. The summed E-state index contributed by atoms with van der Waals surface area (Å²) in [5.74, 6) is -0.0980. The number of nitrogens with one attached hydrogen (secondary N) is 2. The van der Waals surface area contributed by atoms with Crippen LogP contribution in [0.5, 0.6) is 0 Å². The monoisotopic (exact) mass is 380 g/mol. The molecule has 2 aromatic carbocycles. The van der Waals surface area contributed by atoms with Crippen molar-refractivity contribution >= 4 is 11.7 Å². The van der Waals surface area contributed by atoms with E-state index in [4.69, 9.17) is 0 Å². The molecule has 0 aliphatic rings. The fraction of sp³-hybridized carbons (Fsp3) is 0.417. The van der Waals surface area contributed by atoms with Gasteiger partial charge in [-0.25, -0.2) is 0 Å². The summed E-state index contributed by atoms with van der Waals surface area (Å²) in [6.07, 6.45) is 2.88. The SMILES string of the molecule is CCCC(C)C(=O)C(Cc1ccccc1)NC(=O)C(Cc1ccccc1)NC. The third-order valence-electron chi connectivity index (χ3n) is 5.10. The van der Waals surface area contributed by atoms with E-state index in [1.807, 2.05) is 67.6 Å². The molecule has 0 heterocycles. The van der Waals surface area contributed by atoms with Gasteiger partial charge in [0.1, 0.15) is 0 Å². The smallest absolute Gasteiger partial charge is 0.238 e. The van der Waals surface area contributed by atoms with Crippen LogP contribution in [0.3, 0.4) is 0 Å². The van der Waals surface area contributed by atoms with E-state index in [1.54, 1.807) is 7.05 Å². The lowest BCUT2D eigenvalue weighted by Crippen LogP contribution is -2.52. The van der Waals surface area contributed by atoms with Gasteiger partial charge in [0.2, 0.25) is 5.91 Å². The van der Waals surface area contributed by atoms with Crippen LogP contribution in [-0.2, 0) is 22.4 Å². The number of benzene rings is 2. The maximum absolute atomic E-state index is 13.0. The van der Waals surface area contributed by atoms with E-state index in [-0.39, 0.29) is 23.7 Å². The normalized spacial score (nSPS) is 14.1. The van der Waals surface area contributed by atoms with Crippen LogP contribution in [0.4, 0.5) is 0 Å². The largest absolute Gasteiger partial charge is 0.345 e. The summed E-state index contributed by atoms with van der Waals surface area (Å²) in [6.45, 7) is 4.03. The predicted octanol–water partition coefficient (Wildman–Crippen LogP) is 3.55. The van der Waals surface area contributed by atoms with Gasteiger partial charge in [-0.05, 0) is 37.4 Å². The number of Topliss-reactive ketones (excluding diaryl/α,β-unsaturated/α-hetero) is 1. The number of hydrogen-bond acceptors (Lipinski definition) is 3. The second-order valence-electron chi connectivity index (χ2n) is 7.37. The van der Waals surface area contributed by atoms with Crippen LogP contribution in [-0.4, -0.2) is 30.8 Å². The molecular weight excluding hydrogens is 348 g/mol. The molecule has 4 nitrogen and oxygen atoms in total. The van der Waals surface area contributed by atoms with Crippen molar-refractivity contribution in [2.75, 3.05) is 7.05 Å². The minimum atomic E-state index is -0.511. The van der Waals surface area contributed by atoms with E-state index in [0.717, 1.165) is 24.0 Å². The Morgan fingerprint density at radius 1 is 0.857 bits per heavy atom. The van der Waals surface area contributed by atoms with Crippen molar-refractivity contribution in [2.24, 2.45) is 5.92 Å². The maximum Gasteiger partial charge on any atom is 0.238 e. The first-order chi connectivity index (χ1) is 13.5. The summed E-state index contributed by atoms with van der Waals surface area (Å²) in [5.41, 5.74) is 2.14. The molecule has 0 fully saturated rings. The van der Waals surface area contributed by atoms with Crippen LogP contribution in [0.1, 0.15) is 37.8 Å². The number of likely N-dealkylation sites (N-methyl/N-ethyl adjacent to an activating group) is 1. The Morgan fingerprint density at radius 3 is 1.82 bits per heavy atom. The highest BCUT2D eigenvalue weighted by Gasteiger charge is 2.28. The van der Waals surface area contributed by atoms with Crippen molar-refractivity contribution in [1.82, 2.24) is 10.6 Å². The lowest BCUT2D eigenvalue weighted by Gasteiger charge is -2.24. The number of carbonyl (C=O) groups excluding carboxylic acids is 2. The first-order valence-corrected chi connectivity index (χ1v) is 10.1. The van der Waals surface area contributed by atoms with E-state index in [2.05, 4.69) is 17.6 Å². The predicted molar refractivity (Wildman–Crippen MR) is 114 cm³/mol. The number of amides is 1. The van der Waals surface area contributed by atoms with E-state index in [1.165, 1.54) is 0 Å². The molecule has 2 rings (SSSR count). The Kier molecular flexibility index (Phi) is 8.89. The Hall–Kier alpha value is -2.46. The zero-order chi connectivity index (χ0) is 20.4. The molecule has 3 atom stereocenters. The van der Waals surface area contributed by atoms with Gasteiger partial charge in [-0.1, -0.05) is 80.9 Å². The molecule has 28 heavy (non-hydrogen) atoms. The zero-order valence-corrected chi connectivity index (χ0v) is 17.2. The van der Waals surface area contributed by atoms with Crippen LogP contribution in [0.15, 0.2) is 60.7 Å². The fourth-order valence-electron chi connectivity index (χ4n) is 3.44. The average Bonchev–Trinajstić information content (AvgIpc) is 2.72. The number of rotatable bonds is 11. The van der Waals surface area contributed by atoms with E-state index in [9.17, 15) is 9.59 Å². The van der Waals surface area contributed by atoms with Crippen LogP contribution in [0, 0.1) is 5.92 Å². The first kappa shape index (κ1) is 21.8. The minimum absolute atomic E-state index is 0.0684. The van der Waals surface area contributed by atoms with E-state index < -0.39 is 6.04 Å². The molecule has 1 amide bonds. The molecule has 2 aromatic rings. The van der Waals surface area contributed by atoms with Crippen molar-refractivity contribution in [3.63, 3.8) is 0 Å². The lowest BCUT2D eigenvalue weighted by molar-refractivity contribution is -0.130. The summed E-state index contributed by atoms with van der Waals surface area (Å²) in [5, 5.41) is 6.11. The van der Waals surface area contributed by atoms with Crippen LogP contribution >= 0.6 is 0 Å². The Balaban J connectivity index is 2.12. The van der Waals surface area contributed by atoms with Crippen LogP contribution in [0.2, 0.25) is 0 Å². The molecule has 0 bridgehead atoms. The van der Waals surface area contributed by atoms with Crippen LogP contribution < -0.4 is 10.6 Å². The van der Waals surface area contributed by atoms with Gasteiger partial charge in [-0.3, -0.25) is 9.59 Å². The van der Waals surface area contributed by atoms with E-state index in [0.29, 0.717) is 12.8 Å². The molecule has 0 aliphatic heterocycles. The quantitative estimate of drug-likeness (QED) is 0.627. The van der Waals surface area contributed by atoms with Crippen molar-refractivity contribution in [2.45, 2.75) is 51.6 Å². The molecule has 2 N–H and O–H groups in total. The Bertz CT molecular complexity index is 731. The molecule has 0 saturated carbocycles. The second-order valence-corrected chi connectivity index (χ2v) is 7.37. The average molecular weight is 381 g/mol. The fourth-order valence-corrected chi connectivity index (χ4v) is 3.44. The van der Waals surface area contributed by atoms with Gasteiger partial charge in [0.05, 0.1) is 12.1 Å². The van der Waals surface area contributed by atoms with Crippen molar-refractivity contribution < 1.29 is 9.59 Å². The third kappa shape index (κ3) is 6.61. The highest BCUT2D eigenvalue weighted by molar-refractivity contribution is 5.92. The zero-order valence-electron chi connectivity index (χ0n) is 17.2. The van der Waals surface area contributed by atoms with Crippen molar-refractivity contribution in [3.8, 4) is 0 Å². The summed E-state index contributed by atoms with van der Waals surface area (Å²) < 4.78 is 0. The minimum Gasteiger partial charge on any atom is -0.345 e. The molecule has 0 spiro atoms. The summed E-state index contributed by atoms with van der Waals surface area (Å²) >= 11 is 0. The molecule has 0 aromatic heterocycles. The topological polar surface area (TPSA) is 58.2 Å². The summed E-state index contributed by atoms with van der Waals surface area (Å²) in [7, 11) is 1.78. The highest BCUT2D eigenvalue weighted by atomic mass is 16.2. The van der Waals surface area contributed by atoms with E-state index >= 15 is 0 Å². The molecule has 150 valence electrons. The first-order valence-electron chi connectivity index (χ1n) is 10.1. The van der Waals surface area contributed by atoms with Crippen LogP contribution in [0.25, 0.3) is 0 Å². The molecule has 0 aliphatic carbocycles. The molecule has 4 heteroatoms. The number of hydrogen-bond donors (Lipinski definition) is 2. The van der Waals surface area contributed by atoms with Gasteiger partial charge in [-0.15, -0.1) is 0 Å². The third-order valence-corrected chi connectivity index (χ3v) is 5.10. The van der Waals surface area contributed by atoms with Gasteiger partial charge in [-0.2, -0.15) is 0 Å². The molecular formula is C24H32N2O2. The molecule has 0 radical (unpaired) electrons. The van der Waals surface area contributed by atoms with Crippen molar-refractivity contribution in [3.05, 3.63) is 71.8 Å². The lowest BCUT2D eigenvalue weighted by atomic mass is 9.91. The Morgan fingerprint density at radius 2 is 1.36 bits per heavy atom. The van der Waals surface area contributed by atoms with Gasteiger partial charge < -0.3 is 10.6 Å². The van der Waals surface area contributed by atoms with Gasteiger partial charge in [0.25, 0.3) is 0 Å². The van der Waals surface area contributed by atoms with Gasteiger partial charge in [0.15, 0.2) is 5.78 Å². The Labute approximate surface area is 168 Å². The standard InChI is InChI=1S/C24H32N2O2/c1-4-11-18(2)23(27)21(16-19-12-7-5-8-13-19)26-24(28)22(25-3)17-20-14-9-6-10-15-20/h5-10,12-15,18,21-22,25H,4,11,16-17H2,1-3H3,(H,26,28). The summed E-state index contributed by atoms with van der Waals surface area (Å²) in [4.78, 5) is 25.9. The number of ketones is 1. The number of carbonyl (C=O) groups is 2.